The molecule has 1 atom stereocenters. The van der Waals surface area contributed by atoms with Gasteiger partial charge in [0.15, 0.2) is 0 Å². The van der Waals surface area contributed by atoms with Crippen LogP contribution in [0.4, 0.5) is 4.79 Å². The predicted molar refractivity (Wildman–Crippen MR) is 74.0 cm³/mol. The third-order valence-electron chi connectivity index (χ3n) is 4.18. The zero-order chi connectivity index (χ0) is 14.5. The first-order chi connectivity index (χ1) is 8.94. The van der Waals surface area contributed by atoms with Crippen LogP contribution in [0.5, 0.6) is 0 Å². The van der Waals surface area contributed by atoms with E-state index in [4.69, 9.17) is 0 Å². The molecule has 110 valence electrons. The molecule has 0 saturated carbocycles. The first kappa shape index (κ1) is 15.8. The van der Waals surface area contributed by atoms with Crippen LogP contribution < -0.4 is 5.32 Å². The minimum atomic E-state index is -0.788. The van der Waals surface area contributed by atoms with Crippen molar-refractivity contribution in [1.29, 1.82) is 0 Å². The second kappa shape index (κ2) is 6.78. The van der Waals surface area contributed by atoms with Gasteiger partial charge in [0.05, 0.1) is 5.41 Å². The summed E-state index contributed by atoms with van der Waals surface area (Å²) in [4.78, 5) is 25.1. The molecule has 0 aliphatic carbocycles. The maximum absolute atomic E-state index is 12.0. The number of unbranched alkanes of at least 4 members (excludes halogenated alkanes) is 2. The summed E-state index contributed by atoms with van der Waals surface area (Å²) in [5.41, 5.74) is -0.777. The SMILES string of the molecule is CCCCCNC(=O)N1CCC(C(=O)O)(C(C)C)C1. The Morgan fingerprint density at radius 2 is 2.05 bits per heavy atom. The summed E-state index contributed by atoms with van der Waals surface area (Å²) in [5.74, 6) is -0.758. The van der Waals surface area contributed by atoms with E-state index in [9.17, 15) is 14.7 Å². The van der Waals surface area contributed by atoms with Crippen molar-refractivity contribution < 1.29 is 14.7 Å². The maximum atomic E-state index is 12.0. The molecule has 2 N–H and O–H groups in total. The van der Waals surface area contributed by atoms with Gasteiger partial charge in [-0.1, -0.05) is 33.6 Å². The van der Waals surface area contributed by atoms with Crippen LogP contribution in [0, 0.1) is 11.3 Å². The molecule has 1 aliphatic heterocycles. The fourth-order valence-corrected chi connectivity index (χ4v) is 2.58. The topological polar surface area (TPSA) is 69.6 Å². The van der Waals surface area contributed by atoms with Crippen molar-refractivity contribution in [3.63, 3.8) is 0 Å². The Morgan fingerprint density at radius 1 is 1.37 bits per heavy atom. The molecule has 0 radical (unpaired) electrons. The van der Waals surface area contributed by atoms with E-state index in [1.807, 2.05) is 13.8 Å². The molecule has 1 saturated heterocycles. The standard InChI is InChI=1S/C14H26N2O3/c1-4-5-6-8-15-13(19)16-9-7-14(10-16,11(2)3)12(17)18/h11H,4-10H2,1-3H3,(H,15,19)(H,17,18). The fraction of sp³-hybridized carbons (Fsp3) is 0.857. The highest BCUT2D eigenvalue weighted by molar-refractivity contribution is 5.80. The number of aliphatic carboxylic acids is 1. The van der Waals surface area contributed by atoms with E-state index >= 15 is 0 Å². The average molecular weight is 270 g/mol. The van der Waals surface area contributed by atoms with Crippen LogP contribution in [0.15, 0.2) is 0 Å². The molecule has 19 heavy (non-hydrogen) atoms. The number of nitrogens with zero attached hydrogens (tertiary/aromatic N) is 1. The number of nitrogens with one attached hydrogen (secondary N) is 1. The minimum Gasteiger partial charge on any atom is -0.481 e. The highest BCUT2D eigenvalue weighted by Gasteiger charge is 2.48. The van der Waals surface area contributed by atoms with Gasteiger partial charge in [-0.25, -0.2) is 4.79 Å². The largest absolute Gasteiger partial charge is 0.481 e. The Kier molecular flexibility index (Phi) is 5.63. The summed E-state index contributed by atoms with van der Waals surface area (Å²) in [5, 5.41) is 12.3. The predicted octanol–water partition coefficient (Wildman–Crippen LogP) is 2.32. The van der Waals surface area contributed by atoms with Gasteiger partial charge in [0, 0.05) is 19.6 Å². The zero-order valence-corrected chi connectivity index (χ0v) is 12.2. The van der Waals surface area contributed by atoms with Crippen molar-refractivity contribution in [3.05, 3.63) is 0 Å². The van der Waals surface area contributed by atoms with E-state index in [0.29, 0.717) is 26.1 Å². The number of carbonyl (C=O) groups excluding carboxylic acids is 1. The van der Waals surface area contributed by atoms with Gasteiger partial charge in [-0.05, 0) is 18.8 Å². The molecule has 0 aromatic carbocycles. The molecule has 5 heteroatoms. The summed E-state index contributed by atoms with van der Waals surface area (Å²) in [6, 6.07) is -0.125. The molecule has 0 bridgehead atoms. The lowest BCUT2D eigenvalue weighted by atomic mass is 9.76. The van der Waals surface area contributed by atoms with Crippen LogP contribution in [-0.4, -0.2) is 41.6 Å². The second-order valence-corrected chi connectivity index (χ2v) is 5.73. The van der Waals surface area contributed by atoms with Gasteiger partial charge >= 0.3 is 12.0 Å². The average Bonchev–Trinajstić information content (AvgIpc) is 2.81. The number of likely N-dealkylation sites (tertiary alicyclic amines) is 1. The smallest absolute Gasteiger partial charge is 0.317 e. The van der Waals surface area contributed by atoms with E-state index in [1.165, 1.54) is 0 Å². The molecule has 2 amide bonds. The number of urea groups is 1. The summed E-state index contributed by atoms with van der Waals surface area (Å²) < 4.78 is 0. The lowest BCUT2D eigenvalue weighted by Gasteiger charge is -2.28. The number of rotatable bonds is 6. The van der Waals surface area contributed by atoms with E-state index in [0.717, 1.165) is 19.3 Å². The van der Waals surface area contributed by atoms with Gasteiger partial charge < -0.3 is 15.3 Å². The lowest BCUT2D eigenvalue weighted by Crippen LogP contribution is -2.43. The van der Waals surface area contributed by atoms with Crippen molar-refractivity contribution in [2.75, 3.05) is 19.6 Å². The fourth-order valence-electron chi connectivity index (χ4n) is 2.58. The molecule has 1 heterocycles. The molecular weight excluding hydrogens is 244 g/mol. The van der Waals surface area contributed by atoms with Crippen LogP contribution in [0.2, 0.25) is 0 Å². The van der Waals surface area contributed by atoms with Crippen molar-refractivity contribution in [3.8, 4) is 0 Å². The van der Waals surface area contributed by atoms with E-state index in [1.54, 1.807) is 4.90 Å². The molecule has 0 aromatic heterocycles. The molecule has 1 fully saturated rings. The molecular formula is C14H26N2O3. The summed E-state index contributed by atoms with van der Waals surface area (Å²) in [6.07, 6.45) is 3.74. The van der Waals surface area contributed by atoms with Crippen LogP contribution in [0.3, 0.4) is 0 Å². The number of hydrogen-bond acceptors (Lipinski definition) is 2. The molecule has 1 unspecified atom stereocenters. The van der Waals surface area contributed by atoms with Crippen molar-refractivity contribution in [2.45, 2.75) is 46.5 Å². The highest BCUT2D eigenvalue weighted by Crippen LogP contribution is 2.38. The molecule has 0 spiro atoms. The quantitative estimate of drug-likeness (QED) is 0.728. The van der Waals surface area contributed by atoms with Gasteiger partial charge in [-0.3, -0.25) is 4.79 Å². The first-order valence-electron chi connectivity index (χ1n) is 7.20. The number of amides is 2. The number of hydrogen-bond donors (Lipinski definition) is 2. The van der Waals surface area contributed by atoms with Crippen LogP contribution in [-0.2, 0) is 4.79 Å². The Morgan fingerprint density at radius 3 is 2.53 bits per heavy atom. The Balaban J connectivity index is 2.50. The van der Waals surface area contributed by atoms with Crippen LogP contribution in [0.1, 0.15) is 46.5 Å². The van der Waals surface area contributed by atoms with E-state index < -0.39 is 11.4 Å². The summed E-state index contributed by atoms with van der Waals surface area (Å²) >= 11 is 0. The van der Waals surface area contributed by atoms with Gasteiger partial charge in [-0.15, -0.1) is 0 Å². The number of carboxylic acid groups (broad SMARTS) is 1. The van der Waals surface area contributed by atoms with Crippen molar-refractivity contribution in [1.82, 2.24) is 10.2 Å². The van der Waals surface area contributed by atoms with Gasteiger partial charge in [0.2, 0.25) is 0 Å². The lowest BCUT2D eigenvalue weighted by molar-refractivity contribution is -0.150. The number of carbonyl (C=O) groups is 2. The minimum absolute atomic E-state index is 0.0305. The summed E-state index contributed by atoms with van der Waals surface area (Å²) in [7, 11) is 0. The van der Waals surface area contributed by atoms with Crippen LogP contribution in [0.25, 0.3) is 0 Å². The third kappa shape index (κ3) is 3.61. The monoisotopic (exact) mass is 270 g/mol. The maximum Gasteiger partial charge on any atom is 0.317 e. The molecule has 0 aromatic rings. The second-order valence-electron chi connectivity index (χ2n) is 5.73. The van der Waals surface area contributed by atoms with Gasteiger partial charge in [0.25, 0.3) is 0 Å². The highest BCUT2D eigenvalue weighted by atomic mass is 16.4. The molecule has 1 rings (SSSR count). The Hall–Kier alpha value is -1.26. The van der Waals surface area contributed by atoms with E-state index in [-0.39, 0.29) is 11.9 Å². The first-order valence-corrected chi connectivity index (χ1v) is 7.20. The molecule has 5 nitrogen and oxygen atoms in total. The van der Waals surface area contributed by atoms with Gasteiger partial charge in [0.1, 0.15) is 0 Å². The number of carboxylic acids is 1. The summed E-state index contributed by atoms with van der Waals surface area (Å²) in [6.45, 7) is 7.47. The van der Waals surface area contributed by atoms with Crippen LogP contribution >= 0.6 is 0 Å². The Labute approximate surface area is 115 Å². The normalized spacial score (nSPS) is 22.8. The van der Waals surface area contributed by atoms with Crippen molar-refractivity contribution >= 4 is 12.0 Å². The third-order valence-corrected chi connectivity index (χ3v) is 4.18. The molecule has 1 aliphatic rings. The Bertz CT molecular complexity index is 331. The van der Waals surface area contributed by atoms with E-state index in [2.05, 4.69) is 12.2 Å². The van der Waals surface area contributed by atoms with Gasteiger partial charge in [-0.2, -0.15) is 0 Å². The van der Waals surface area contributed by atoms with Crippen molar-refractivity contribution in [2.24, 2.45) is 11.3 Å². The zero-order valence-electron chi connectivity index (χ0n) is 12.2.